The van der Waals surface area contributed by atoms with E-state index in [9.17, 15) is 28.8 Å². The first-order valence-electron chi connectivity index (χ1n) is 24.4. The molecule has 0 atom stereocenters. The molecule has 0 saturated carbocycles. The molecule has 3 aromatic heterocycles. The van der Waals surface area contributed by atoms with Gasteiger partial charge in [-0.1, -0.05) is 77.8 Å². The second-order valence-electron chi connectivity index (χ2n) is 18.4. The predicted molar refractivity (Wildman–Crippen MR) is 301 cm³/mol. The normalized spacial score (nSPS) is 11.0. The van der Waals surface area contributed by atoms with Crippen molar-refractivity contribution in [1.29, 1.82) is 0 Å². The van der Waals surface area contributed by atoms with Crippen LogP contribution in [0, 0.1) is 20.8 Å². The lowest BCUT2D eigenvalue weighted by Gasteiger charge is -2.10. The number of nitrogens with one attached hydrogen (secondary N) is 1. The topological polar surface area (TPSA) is 194 Å². The number of halogens is 2. The number of hydrogen-bond donors (Lipinski definition) is 3. The molecule has 0 bridgehead atoms. The van der Waals surface area contributed by atoms with Crippen molar-refractivity contribution in [1.82, 2.24) is 23.9 Å². The van der Waals surface area contributed by atoms with Crippen molar-refractivity contribution in [2.75, 3.05) is 34.3 Å². The molecule has 0 aliphatic rings. The van der Waals surface area contributed by atoms with E-state index >= 15 is 0 Å². The van der Waals surface area contributed by atoms with Gasteiger partial charge in [-0.25, -0.2) is 0 Å². The molecular weight excluding hydrogens is 1000 g/mol. The summed E-state index contributed by atoms with van der Waals surface area (Å²) in [6, 6.07) is 43.3. The molecule has 0 spiro atoms. The Labute approximate surface area is 450 Å². The van der Waals surface area contributed by atoms with Gasteiger partial charge in [0.05, 0.1) is 42.9 Å². The fraction of sp³-hybridized carbons (Fsp3) is 0.200. The average molecular weight is 1060 g/mol. The fourth-order valence-electron chi connectivity index (χ4n) is 9.26. The van der Waals surface area contributed by atoms with E-state index in [1.54, 1.807) is 88.4 Å². The molecule has 14 nitrogen and oxygen atoms in total. The van der Waals surface area contributed by atoms with Crippen molar-refractivity contribution in [2.45, 2.75) is 46.5 Å². The third-order valence-corrected chi connectivity index (χ3v) is 13.5. The van der Waals surface area contributed by atoms with Crippen molar-refractivity contribution >= 4 is 91.4 Å². The van der Waals surface area contributed by atoms with Crippen LogP contribution in [0.3, 0.4) is 0 Å². The highest BCUT2D eigenvalue weighted by Gasteiger charge is 2.24. The van der Waals surface area contributed by atoms with Crippen LogP contribution < -0.4 is 21.5 Å². The maximum absolute atomic E-state index is 13.1. The molecule has 0 aliphatic heterocycles. The molecule has 0 fully saturated rings. The minimum absolute atomic E-state index is 0.0167. The Kier molecular flexibility index (Phi) is 18.1. The first-order chi connectivity index (χ1) is 36.4. The number of nitrogens with zero attached hydrogens (tertiary/aromatic N) is 4. The van der Waals surface area contributed by atoms with Gasteiger partial charge in [0.15, 0.2) is 0 Å². The molecule has 76 heavy (non-hydrogen) atoms. The van der Waals surface area contributed by atoms with Crippen LogP contribution in [-0.2, 0) is 33.6 Å². The number of carbonyl (C=O) groups excluding carboxylic acids is 6. The fourth-order valence-corrected chi connectivity index (χ4v) is 9.51. The van der Waals surface area contributed by atoms with E-state index in [4.69, 9.17) is 39.4 Å². The van der Waals surface area contributed by atoms with Gasteiger partial charge in [0.2, 0.25) is 17.7 Å². The van der Waals surface area contributed by atoms with Crippen LogP contribution in [0.2, 0.25) is 10.0 Å². The van der Waals surface area contributed by atoms with Gasteiger partial charge in [0.25, 0.3) is 17.7 Å². The number of aromatic nitrogens is 3. The van der Waals surface area contributed by atoms with Crippen molar-refractivity contribution in [3.05, 3.63) is 206 Å². The summed E-state index contributed by atoms with van der Waals surface area (Å²) in [5, 5.41) is 6.72. The predicted octanol–water partition coefficient (Wildman–Crippen LogP) is 9.90. The number of primary amides is 2. The van der Waals surface area contributed by atoms with Gasteiger partial charge in [-0.15, -0.1) is 0 Å². The minimum atomic E-state index is -0.455. The third kappa shape index (κ3) is 12.6. The van der Waals surface area contributed by atoms with Crippen LogP contribution >= 0.6 is 23.2 Å². The summed E-state index contributed by atoms with van der Waals surface area (Å²) >= 11 is 11.8. The number of para-hydroxylation sites is 2. The SMILES string of the molecule is COc1ccc2c(c1)c(CC(N)=O)c(C)n2C(=O)c1ccc(Cl)cc1.Cc1c(CC(=O)NCCCN(C)C)c2ccccc2n1C(=O)c1ccccc1.Cc1c(CC(N)=O)c2ccccc2n1C(=O)c1ccc(Cl)cc1. The van der Waals surface area contributed by atoms with Crippen LogP contribution in [0.1, 0.15) is 71.3 Å². The van der Waals surface area contributed by atoms with E-state index in [0.717, 1.165) is 68.2 Å². The average Bonchev–Trinajstić information content (AvgIpc) is 3.98. The van der Waals surface area contributed by atoms with E-state index in [1.165, 1.54) is 0 Å². The molecule has 0 aliphatic carbocycles. The minimum Gasteiger partial charge on any atom is -0.497 e. The van der Waals surface area contributed by atoms with Gasteiger partial charge in [-0.2, -0.15) is 0 Å². The molecule has 3 heterocycles. The van der Waals surface area contributed by atoms with Gasteiger partial charge < -0.3 is 26.4 Å². The number of amides is 3. The van der Waals surface area contributed by atoms with Gasteiger partial charge in [-0.3, -0.25) is 42.5 Å². The maximum Gasteiger partial charge on any atom is 0.262 e. The van der Waals surface area contributed by atoms with Crippen LogP contribution in [-0.4, -0.2) is 88.3 Å². The molecular formula is C60H59Cl2N7O7. The second-order valence-corrected chi connectivity index (χ2v) is 19.3. The first kappa shape index (κ1) is 55.5. The molecule has 9 aromatic rings. The Morgan fingerprint density at radius 1 is 0.513 bits per heavy atom. The Hall–Kier alpha value is -8.30. The van der Waals surface area contributed by atoms with E-state index in [1.807, 2.05) is 113 Å². The van der Waals surface area contributed by atoms with E-state index in [0.29, 0.717) is 50.2 Å². The highest BCUT2D eigenvalue weighted by atomic mass is 35.5. The van der Waals surface area contributed by atoms with Gasteiger partial charge >= 0.3 is 0 Å². The number of fused-ring (bicyclic) bond motifs is 3. The second kappa shape index (κ2) is 24.8. The number of benzene rings is 6. The third-order valence-electron chi connectivity index (χ3n) is 13.0. The number of carbonyl (C=O) groups is 6. The maximum atomic E-state index is 13.1. The highest BCUT2D eigenvalue weighted by Crippen LogP contribution is 2.32. The van der Waals surface area contributed by atoms with Crippen LogP contribution in [0.4, 0.5) is 0 Å². The summed E-state index contributed by atoms with van der Waals surface area (Å²) in [7, 11) is 5.60. The lowest BCUT2D eigenvalue weighted by atomic mass is 10.1. The van der Waals surface area contributed by atoms with Crippen molar-refractivity contribution in [2.24, 2.45) is 11.5 Å². The molecule has 6 aromatic carbocycles. The van der Waals surface area contributed by atoms with Crippen LogP contribution in [0.15, 0.2) is 146 Å². The highest BCUT2D eigenvalue weighted by molar-refractivity contribution is 6.31. The van der Waals surface area contributed by atoms with Gasteiger partial charge in [0, 0.05) is 66.5 Å². The zero-order valence-electron chi connectivity index (χ0n) is 43.2. The standard InChI is InChI=1S/C23H27N3O2.C19H17ClN2O3.C18H15ClN2O2/c1-17-20(16-22(27)24-14-9-15-25(2)3)19-12-7-8-13-21(19)26(17)23(28)18-10-5-4-6-11-18;1-11-15(10-18(21)23)16-9-14(25-2)7-8-17(16)22(11)19(24)12-3-5-13(20)6-4-12;1-11-15(10-17(20)22)14-4-2-3-5-16(14)21(11)18(23)12-6-8-13(19)9-7-12/h4-8,10-13H,9,14-16H2,1-3H3,(H,24,27);3-9H,10H2,1-2H3,(H2,21,23);2-9H,10H2,1H3,(H2,20,22). The monoisotopic (exact) mass is 1060 g/mol. The summed E-state index contributed by atoms with van der Waals surface area (Å²) in [5.74, 6) is -0.678. The number of nitrogens with two attached hydrogens (primary N) is 2. The van der Waals surface area contributed by atoms with E-state index in [-0.39, 0.29) is 42.9 Å². The molecule has 5 N–H and O–H groups in total. The summed E-state index contributed by atoms with van der Waals surface area (Å²) in [6.07, 6.45) is 1.33. The summed E-state index contributed by atoms with van der Waals surface area (Å²) in [5.41, 5.74) is 19.4. The Morgan fingerprint density at radius 2 is 0.908 bits per heavy atom. The first-order valence-corrected chi connectivity index (χ1v) is 25.2. The smallest absolute Gasteiger partial charge is 0.262 e. The number of ether oxygens (including phenoxy) is 1. The van der Waals surface area contributed by atoms with Crippen LogP contribution in [0.25, 0.3) is 32.7 Å². The molecule has 390 valence electrons. The molecule has 0 unspecified atom stereocenters. The summed E-state index contributed by atoms with van der Waals surface area (Å²) in [4.78, 5) is 76.5. The van der Waals surface area contributed by atoms with Crippen LogP contribution in [0.5, 0.6) is 5.75 Å². The molecule has 9 rings (SSSR count). The largest absolute Gasteiger partial charge is 0.497 e. The van der Waals surface area contributed by atoms with E-state index < -0.39 is 11.8 Å². The van der Waals surface area contributed by atoms with Gasteiger partial charge in [-0.05, 0) is 156 Å². The van der Waals surface area contributed by atoms with Gasteiger partial charge in [0.1, 0.15) is 5.75 Å². The lowest BCUT2D eigenvalue weighted by Crippen LogP contribution is -2.28. The molecule has 16 heteroatoms. The van der Waals surface area contributed by atoms with Crippen molar-refractivity contribution < 1.29 is 33.5 Å². The zero-order valence-corrected chi connectivity index (χ0v) is 44.7. The molecule has 3 amide bonds. The summed E-state index contributed by atoms with van der Waals surface area (Å²) < 4.78 is 10.2. The summed E-state index contributed by atoms with van der Waals surface area (Å²) in [6.45, 7) is 7.13. The number of hydrogen-bond acceptors (Lipinski definition) is 8. The Morgan fingerprint density at radius 3 is 1.34 bits per heavy atom. The molecule has 0 saturated heterocycles. The Bertz CT molecular complexity index is 3620. The number of methoxy groups -OCH3 is 1. The zero-order chi connectivity index (χ0) is 54.8. The Balaban J connectivity index is 0.000000167. The van der Waals surface area contributed by atoms with Crippen molar-refractivity contribution in [3.8, 4) is 5.75 Å². The quantitative estimate of drug-likeness (QED) is 0.0896. The number of rotatable bonds is 14. The molecule has 0 radical (unpaired) electrons. The van der Waals surface area contributed by atoms with Crippen molar-refractivity contribution in [3.63, 3.8) is 0 Å². The lowest BCUT2D eigenvalue weighted by molar-refractivity contribution is -0.120. The van der Waals surface area contributed by atoms with E-state index in [2.05, 4.69) is 10.2 Å².